The molecule has 0 fully saturated rings. The van der Waals surface area contributed by atoms with E-state index in [-0.39, 0.29) is 5.82 Å². The monoisotopic (exact) mass is 206 g/mol. The maximum absolute atomic E-state index is 12.7. The quantitative estimate of drug-likeness (QED) is 0.818. The Hall–Kier alpha value is -1.75. The first kappa shape index (κ1) is 9.79. The van der Waals surface area contributed by atoms with Gasteiger partial charge < -0.3 is 5.32 Å². The topological polar surface area (TPSA) is 42.7 Å². The third-order valence-corrected chi connectivity index (χ3v) is 1.98. The second-order valence-electron chi connectivity index (χ2n) is 3.16. The first-order valence-electron chi connectivity index (χ1n) is 4.59. The fourth-order valence-electron chi connectivity index (χ4n) is 1.29. The van der Waals surface area contributed by atoms with Gasteiger partial charge in [0.15, 0.2) is 11.6 Å². The lowest BCUT2D eigenvalue weighted by molar-refractivity contribution is 0.627. The SMILES string of the molecule is CNCc1ccc(-n2cc(F)cn2)nc1. The van der Waals surface area contributed by atoms with Crippen LogP contribution in [-0.4, -0.2) is 21.8 Å². The van der Waals surface area contributed by atoms with Gasteiger partial charge in [-0.15, -0.1) is 0 Å². The number of hydrogen-bond acceptors (Lipinski definition) is 3. The Kier molecular flexibility index (Phi) is 2.73. The number of aromatic nitrogens is 3. The summed E-state index contributed by atoms with van der Waals surface area (Å²) in [4.78, 5) is 4.17. The predicted octanol–water partition coefficient (Wildman–Crippen LogP) is 1.13. The van der Waals surface area contributed by atoms with E-state index in [9.17, 15) is 4.39 Å². The molecule has 1 N–H and O–H groups in total. The highest BCUT2D eigenvalue weighted by atomic mass is 19.1. The molecule has 4 nitrogen and oxygen atoms in total. The summed E-state index contributed by atoms with van der Waals surface area (Å²) >= 11 is 0. The summed E-state index contributed by atoms with van der Waals surface area (Å²) in [5.41, 5.74) is 1.08. The van der Waals surface area contributed by atoms with Crippen molar-refractivity contribution in [2.45, 2.75) is 6.54 Å². The highest BCUT2D eigenvalue weighted by Gasteiger charge is 2.00. The minimum atomic E-state index is -0.365. The molecular weight excluding hydrogens is 195 g/mol. The number of halogens is 1. The van der Waals surface area contributed by atoms with Crippen LogP contribution in [0.4, 0.5) is 4.39 Å². The minimum absolute atomic E-state index is 0.365. The number of hydrogen-bond donors (Lipinski definition) is 1. The van der Waals surface area contributed by atoms with Gasteiger partial charge in [-0.1, -0.05) is 6.07 Å². The second-order valence-corrected chi connectivity index (χ2v) is 3.16. The van der Waals surface area contributed by atoms with E-state index in [1.165, 1.54) is 10.9 Å². The van der Waals surface area contributed by atoms with E-state index in [4.69, 9.17) is 0 Å². The zero-order valence-electron chi connectivity index (χ0n) is 8.31. The molecule has 0 radical (unpaired) electrons. The van der Waals surface area contributed by atoms with Crippen molar-refractivity contribution >= 4 is 0 Å². The molecule has 5 heteroatoms. The van der Waals surface area contributed by atoms with Crippen molar-refractivity contribution < 1.29 is 4.39 Å². The summed E-state index contributed by atoms with van der Waals surface area (Å²) in [6, 6.07) is 3.73. The lowest BCUT2D eigenvalue weighted by Gasteiger charge is -2.02. The van der Waals surface area contributed by atoms with Gasteiger partial charge in [-0.2, -0.15) is 5.10 Å². The second kappa shape index (κ2) is 4.18. The maximum atomic E-state index is 12.7. The molecular formula is C10H11FN4. The Morgan fingerprint density at radius 2 is 2.27 bits per heavy atom. The molecule has 2 heterocycles. The van der Waals surface area contributed by atoms with Gasteiger partial charge in [0.05, 0.1) is 12.4 Å². The first-order chi connectivity index (χ1) is 7.29. The third kappa shape index (κ3) is 2.19. The number of rotatable bonds is 3. The highest BCUT2D eigenvalue weighted by Crippen LogP contribution is 2.05. The Bertz CT molecular complexity index is 435. The molecule has 0 atom stereocenters. The molecule has 0 unspecified atom stereocenters. The Morgan fingerprint density at radius 3 is 2.80 bits per heavy atom. The molecule has 0 aliphatic carbocycles. The van der Waals surface area contributed by atoms with E-state index in [1.807, 2.05) is 13.1 Å². The molecule has 0 aliphatic heterocycles. The molecule has 0 bridgehead atoms. The Labute approximate surface area is 86.8 Å². The summed E-state index contributed by atoms with van der Waals surface area (Å²) in [6.45, 7) is 0.765. The van der Waals surface area contributed by atoms with Crippen molar-refractivity contribution in [3.8, 4) is 5.82 Å². The maximum Gasteiger partial charge on any atom is 0.161 e. The normalized spacial score (nSPS) is 10.5. The zero-order valence-corrected chi connectivity index (χ0v) is 8.31. The van der Waals surface area contributed by atoms with E-state index < -0.39 is 0 Å². The summed E-state index contributed by atoms with van der Waals surface area (Å²) < 4.78 is 14.1. The largest absolute Gasteiger partial charge is 0.316 e. The molecule has 2 aromatic rings. The standard InChI is InChI=1S/C10H11FN4/c1-12-4-8-2-3-10(13-5-8)15-7-9(11)6-14-15/h2-3,5-7,12H,4H2,1H3. The van der Waals surface area contributed by atoms with Crippen LogP contribution in [-0.2, 0) is 6.54 Å². The van der Waals surface area contributed by atoms with Crippen molar-refractivity contribution in [2.75, 3.05) is 7.05 Å². The summed E-state index contributed by atoms with van der Waals surface area (Å²) in [5.74, 6) is 0.245. The number of nitrogens with zero attached hydrogens (tertiary/aromatic N) is 3. The van der Waals surface area contributed by atoms with Crippen molar-refractivity contribution in [1.82, 2.24) is 20.1 Å². The molecule has 0 amide bonds. The van der Waals surface area contributed by atoms with Gasteiger partial charge in [-0.25, -0.2) is 14.1 Å². The lowest BCUT2D eigenvalue weighted by atomic mass is 10.3. The van der Waals surface area contributed by atoms with E-state index in [0.29, 0.717) is 5.82 Å². The zero-order chi connectivity index (χ0) is 10.7. The molecule has 2 aromatic heterocycles. The molecule has 0 aliphatic rings. The Balaban J connectivity index is 2.23. The molecule has 2 rings (SSSR count). The van der Waals surface area contributed by atoms with E-state index in [0.717, 1.165) is 18.3 Å². The fourth-order valence-corrected chi connectivity index (χ4v) is 1.29. The predicted molar refractivity (Wildman–Crippen MR) is 54.1 cm³/mol. The van der Waals surface area contributed by atoms with Crippen LogP contribution in [0.3, 0.4) is 0 Å². The van der Waals surface area contributed by atoms with Gasteiger partial charge in [0, 0.05) is 12.7 Å². The number of pyridine rings is 1. The van der Waals surface area contributed by atoms with Gasteiger partial charge in [-0.3, -0.25) is 0 Å². The van der Waals surface area contributed by atoms with Crippen LogP contribution in [0.25, 0.3) is 5.82 Å². The van der Waals surface area contributed by atoms with Crippen molar-refractivity contribution in [2.24, 2.45) is 0 Å². The van der Waals surface area contributed by atoms with Gasteiger partial charge in [-0.05, 0) is 18.7 Å². The van der Waals surface area contributed by atoms with E-state index >= 15 is 0 Å². The average Bonchev–Trinajstić information content (AvgIpc) is 2.67. The van der Waals surface area contributed by atoms with E-state index in [2.05, 4.69) is 15.4 Å². The van der Waals surface area contributed by atoms with Gasteiger partial charge in [0.25, 0.3) is 0 Å². The van der Waals surface area contributed by atoms with Crippen molar-refractivity contribution in [3.63, 3.8) is 0 Å². The van der Waals surface area contributed by atoms with Crippen molar-refractivity contribution in [3.05, 3.63) is 42.1 Å². The fraction of sp³-hybridized carbons (Fsp3) is 0.200. The van der Waals surface area contributed by atoms with Crippen LogP contribution >= 0.6 is 0 Å². The van der Waals surface area contributed by atoms with Crippen LogP contribution in [0.15, 0.2) is 30.7 Å². The summed E-state index contributed by atoms with van der Waals surface area (Å²) in [7, 11) is 1.87. The smallest absolute Gasteiger partial charge is 0.161 e. The highest BCUT2D eigenvalue weighted by molar-refractivity contribution is 5.24. The molecule has 0 aromatic carbocycles. The molecule has 0 saturated heterocycles. The number of nitrogens with one attached hydrogen (secondary N) is 1. The minimum Gasteiger partial charge on any atom is -0.316 e. The summed E-state index contributed by atoms with van der Waals surface area (Å²) in [6.07, 6.45) is 4.19. The van der Waals surface area contributed by atoms with Crippen molar-refractivity contribution in [1.29, 1.82) is 0 Å². The lowest BCUT2D eigenvalue weighted by Crippen LogP contribution is -2.06. The average molecular weight is 206 g/mol. The molecule has 15 heavy (non-hydrogen) atoms. The van der Waals surface area contributed by atoms with E-state index in [1.54, 1.807) is 12.3 Å². The van der Waals surface area contributed by atoms with Crippen LogP contribution in [0.1, 0.15) is 5.56 Å². The van der Waals surface area contributed by atoms with Gasteiger partial charge in [0.2, 0.25) is 0 Å². The third-order valence-electron chi connectivity index (χ3n) is 1.98. The summed E-state index contributed by atoms with van der Waals surface area (Å²) in [5, 5.41) is 6.85. The first-order valence-corrected chi connectivity index (χ1v) is 4.59. The Morgan fingerprint density at radius 1 is 1.40 bits per heavy atom. The van der Waals surface area contributed by atoms with Crippen LogP contribution < -0.4 is 5.32 Å². The van der Waals surface area contributed by atoms with Gasteiger partial charge in [0.1, 0.15) is 0 Å². The molecule has 78 valence electrons. The van der Waals surface area contributed by atoms with Crippen LogP contribution in [0, 0.1) is 5.82 Å². The van der Waals surface area contributed by atoms with Gasteiger partial charge >= 0.3 is 0 Å². The molecule has 0 saturated carbocycles. The van der Waals surface area contributed by atoms with Crippen LogP contribution in [0.2, 0.25) is 0 Å². The van der Waals surface area contributed by atoms with Crippen LogP contribution in [0.5, 0.6) is 0 Å². The molecule has 0 spiro atoms.